The lowest BCUT2D eigenvalue weighted by Gasteiger charge is -2.32. The maximum absolute atomic E-state index is 10.9. The van der Waals surface area contributed by atoms with Gasteiger partial charge < -0.3 is 14.3 Å². The second-order valence-electron chi connectivity index (χ2n) is 7.81. The molecule has 0 saturated carbocycles. The van der Waals surface area contributed by atoms with Crippen LogP contribution in [0.2, 0.25) is 0 Å². The molecule has 3 aromatic rings. The highest BCUT2D eigenvalue weighted by molar-refractivity contribution is 5.60. The maximum atomic E-state index is 10.9. The number of rotatable bonds is 6. The van der Waals surface area contributed by atoms with Gasteiger partial charge in [-0.25, -0.2) is 9.97 Å². The molecule has 0 N–H and O–H groups in total. The molecule has 1 saturated heterocycles. The van der Waals surface area contributed by atoms with Crippen molar-refractivity contribution < 1.29 is 9.45 Å². The van der Waals surface area contributed by atoms with Gasteiger partial charge >= 0.3 is 0 Å². The lowest BCUT2D eigenvalue weighted by atomic mass is 9.98. The summed E-state index contributed by atoms with van der Waals surface area (Å²) in [4.78, 5) is 28.5. The van der Waals surface area contributed by atoms with E-state index in [1.54, 1.807) is 12.1 Å². The Bertz CT molecular complexity index is 1070. The van der Waals surface area contributed by atoms with Gasteiger partial charge in [-0.1, -0.05) is 6.92 Å². The van der Waals surface area contributed by atoms with Crippen LogP contribution < -0.4 is 9.80 Å². The monoisotopic (exact) mass is 423 g/mol. The van der Waals surface area contributed by atoms with Gasteiger partial charge in [0.05, 0.1) is 10.8 Å². The van der Waals surface area contributed by atoms with Gasteiger partial charge in [0.25, 0.3) is 11.6 Å². The Morgan fingerprint density at radius 2 is 2.00 bits per heavy atom. The normalized spacial score (nSPS) is 16.4. The highest BCUT2D eigenvalue weighted by Crippen LogP contribution is 2.30. The van der Waals surface area contributed by atoms with E-state index in [1.807, 2.05) is 32.0 Å². The van der Waals surface area contributed by atoms with Crippen molar-refractivity contribution in [3.05, 3.63) is 52.0 Å². The van der Waals surface area contributed by atoms with Crippen molar-refractivity contribution in [2.24, 2.45) is 0 Å². The molecular formula is C21H25N7O3. The minimum atomic E-state index is -0.411. The van der Waals surface area contributed by atoms with E-state index in [4.69, 9.17) is 9.51 Å². The van der Waals surface area contributed by atoms with E-state index in [9.17, 15) is 10.1 Å². The first-order chi connectivity index (χ1) is 14.9. The SMILES string of the molecule is CCc1cc(N2CCCC(c3nc(N(C)C)no3)C2)nc(-c2ccc([N+](=O)[O-])cc2)n1. The third-order valence-electron chi connectivity index (χ3n) is 5.39. The maximum Gasteiger partial charge on any atom is 0.269 e. The molecule has 0 spiro atoms. The van der Waals surface area contributed by atoms with Crippen LogP contribution in [0.5, 0.6) is 0 Å². The second-order valence-corrected chi connectivity index (χ2v) is 7.81. The predicted molar refractivity (Wildman–Crippen MR) is 116 cm³/mol. The van der Waals surface area contributed by atoms with Gasteiger partial charge in [0.2, 0.25) is 5.89 Å². The summed E-state index contributed by atoms with van der Waals surface area (Å²) in [6.07, 6.45) is 2.73. The number of non-ortho nitro benzene ring substituents is 1. The molecule has 1 atom stereocenters. The summed E-state index contributed by atoms with van der Waals surface area (Å²) in [5, 5.41) is 15.0. The van der Waals surface area contributed by atoms with E-state index in [1.165, 1.54) is 12.1 Å². The Kier molecular flexibility index (Phi) is 5.79. The van der Waals surface area contributed by atoms with Gasteiger partial charge in [0, 0.05) is 56.6 Å². The number of benzene rings is 1. The number of nitro groups is 1. The van der Waals surface area contributed by atoms with Crippen LogP contribution in [0, 0.1) is 10.1 Å². The fourth-order valence-electron chi connectivity index (χ4n) is 3.65. The third-order valence-corrected chi connectivity index (χ3v) is 5.39. The standard InChI is InChI=1S/C21H25N7O3/c1-4-16-12-18(23-19(22-16)14-7-9-17(10-8-14)28(29)30)27-11-5-6-15(13-27)20-24-21(25-31-20)26(2)3/h7-10,12,15H,4-6,11,13H2,1-3H3. The lowest BCUT2D eigenvalue weighted by molar-refractivity contribution is -0.384. The van der Waals surface area contributed by atoms with Crippen LogP contribution in [0.3, 0.4) is 0 Å². The zero-order chi connectivity index (χ0) is 22.0. The molecule has 0 bridgehead atoms. The Morgan fingerprint density at radius 3 is 2.65 bits per heavy atom. The van der Waals surface area contributed by atoms with Crippen LogP contribution in [0.15, 0.2) is 34.9 Å². The first-order valence-electron chi connectivity index (χ1n) is 10.3. The van der Waals surface area contributed by atoms with Crippen molar-refractivity contribution in [1.29, 1.82) is 0 Å². The van der Waals surface area contributed by atoms with Gasteiger partial charge in [0.1, 0.15) is 5.82 Å². The molecule has 2 aromatic heterocycles. The number of hydrogen-bond donors (Lipinski definition) is 0. The van der Waals surface area contributed by atoms with Crippen LogP contribution in [0.25, 0.3) is 11.4 Å². The van der Waals surface area contributed by atoms with Crippen LogP contribution in [0.1, 0.15) is 37.3 Å². The van der Waals surface area contributed by atoms with Crippen molar-refractivity contribution in [1.82, 2.24) is 20.1 Å². The predicted octanol–water partition coefficient (Wildman–Crippen LogP) is 3.45. The first-order valence-corrected chi connectivity index (χ1v) is 10.3. The zero-order valence-electron chi connectivity index (χ0n) is 17.9. The topological polar surface area (TPSA) is 114 Å². The molecule has 10 heteroatoms. The van der Waals surface area contributed by atoms with E-state index >= 15 is 0 Å². The Labute approximate surface area is 180 Å². The molecule has 1 aliphatic heterocycles. The minimum absolute atomic E-state index is 0.0474. The van der Waals surface area contributed by atoms with Crippen molar-refractivity contribution in [2.45, 2.75) is 32.1 Å². The van der Waals surface area contributed by atoms with Gasteiger partial charge in [-0.2, -0.15) is 4.98 Å². The van der Waals surface area contributed by atoms with Crippen LogP contribution in [-0.4, -0.2) is 52.2 Å². The van der Waals surface area contributed by atoms with Crippen molar-refractivity contribution >= 4 is 17.5 Å². The van der Waals surface area contributed by atoms with Crippen LogP contribution in [-0.2, 0) is 6.42 Å². The lowest BCUT2D eigenvalue weighted by Crippen LogP contribution is -2.35. The molecule has 4 rings (SSSR count). The van der Waals surface area contributed by atoms with E-state index in [0.717, 1.165) is 49.4 Å². The highest BCUT2D eigenvalue weighted by atomic mass is 16.6. The first kappa shape index (κ1) is 20.7. The van der Waals surface area contributed by atoms with Crippen LogP contribution >= 0.6 is 0 Å². The number of aromatic nitrogens is 4. The number of nitrogens with zero attached hydrogens (tertiary/aromatic N) is 7. The summed E-state index contributed by atoms with van der Waals surface area (Å²) < 4.78 is 5.50. The molecule has 31 heavy (non-hydrogen) atoms. The number of anilines is 2. The molecule has 162 valence electrons. The average Bonchev–Trinajstić information content (AvgIpc) is 3.30. The summed E-state index contributed by atoms with van der Waals surface area (Å²) >= 11 is 0. The van der Waals surface area contributed by atoms with Crippen LogP contribution in [0.4, 0.5) is 17.5 Å². The molecule has 0 amide bonds. The number of aryl methyl sites for hydroxylation is 1. The van der Waals surface area contributed by atoms with Crippen molar-refractivity contribution in [2.75, 3.05) is 37.0 Å². The molecule has 0 radical (unpaired) electrons. The minimum Gasteiger partial charge on any atom is -0.356 e. The molecule has 1 fully saturated rings. The average molecular weight is 423 g/mol. The summed E-state index contributed by atoms with van der Waals surface area (Å²) in [5.74, 6) is 2.77. The summed E-state index contributed by atoms with van der Waals surface area (Å²) in [6, 6.07) is 8.35. The van der Waals surface area contributed by atoms with Crippen molar-refractivity contribution in [3.63, 3.8) is 0 Å². The molecule has 1 aliphatic rings. The van der Waals surface area contributed by atoms with E-state index in [2.05, 4.69) is 20.0 Å². The summed E-state index contributed by atoms with van der Waals surface area (Å²) in [5.41, 5.74) is 1.72. The molecule has 3 heterocycles. The quantitative estimate of drug-likeness (QED) is 0.434. The molecule has 10 nitrogen and oxygen atoms in total. The van der Waals surface area contributed by atoms with Gasteiger partial charge in [-0.3, -0.25) is 10.1 Å². The fourth-order valence-corrected chi connectivity index (χ4v) is 3.65. The number of nitro benzene ring substituents is 1. The fraction of sp³-hybridized carbons (Fsp3) is 0.429. The summed E-state index contributed by atoms with van der Waals surface area (Å²) in [6.45, 7) is 3.66. The molecule has 1 aromatic carbocycles. The van der Waals surface area contributed by atoms with Gasteiger partial charge in [-0.05, 0) is 36.6 Å². The van der Waals surface area contributed by atoms with E-state index in [-0.39, 0.29) is 11.6 Å². The van der Waals surface area contributed by atoms with Gasteiger partial charge in [0.15, 0.2) is 5.82 Å². The zero-order valence-corrected chi connectivity index (χ0v) is 17.9. The smallest absolute Gasteiger partial charge is 0.269 e. The highest BCUT2D eigenvalue weighted by Gasteiger charge is 2.27. The Hall–Kier alpha value is -3.56. The molecular weight excluding hydrogens is 398 g/mol. The third kappa shape index (κ3) is 4.47. The molecule has 0 aliphatic carbocycles. The van der Waals surface area contributed by atoms with E-state index in [0.29, 0.717) is 17.7 Å². The van der Waals surface area contributed by atoms with E-state index < -0.39 is 4.92 Å². The second kappa shape index (κ2) is 8.66. The van der Waals surface area contributed by atoms with Crippen molar-refractivity contribution in [3.8, 4) is 11.4 Å². The van der Waals surface area contributed by atoms with Gasteiger partial charge in [-0.15, -0.1) is 0 Å². The Balaban J connectivity index is 1.60. The Morgan fingerprint density at radius 1 is 1.23 bits per heavy atom. The largest absolute Gasteiger partial charge is 0.356 e. The summed E-state index contributed by atoms with van der Waals surface area (Å²) in [7, 11) is 3.77. The molecule has 1 unspecified atom stereocenters. The number of piperidine rings is 1. The number of hydrogen-bond acceptors (Lipinski definition) is 9.